The number of amides is 2. The fraction of sp³-hybridized carbons (Fsp3) is 0.579. The number of hydrogen-bond donors (Lipinski definition) is 1. The van der Waals surface area contributed by atoms with Crippen LogP contribution in [-0.2, 0) is 14.3 Å². The largest absolute Gasteiger partial charge is 0.482 e. The maximum atomic E-state index is 12.3. The van der Waals surface area contributed by atoms with Crippen LogP contribution in [0.3, 0.4) is 0 Å². The van der Waals surface area contributed by atoms with Crippen LogP contribution in [0.4, 0.5) is 5.69 Å². The van der Waals surface area contributed by atoms with Gasteiger partial charge in [0.2, 0.25) is 5.91 Å². The second-order valence-electron chi connectivity index (χ2n) is 6.99. The summed E-state index contributed by atoms with van der Waals surface area (Å²) in [6.45, 7) is 5.34. The summed E-state index contributed by atoms with van der Waals surface area (Å²) in [6, 6.07) is 7.57. The van der Waals surface area contributed by atoms with Crippen molar-refractivity contribution in [1.82, 2.24) is 5.32 Å². The predicted octanol–water partition coefficient (Wildman–Crippen LogP) is 2.12. The first-order chi connectivity index (χ1) is 12.0. The summed E-state index contributed by atoms with van der Waals surface area (Å²) < 4.78 is 11.2. The number of nitrogens with one attached hydrogen (secondary N) is 1. The van der Waals surface area contributed by atoms with Gasteiger partial charge in [0, 0.05) is 25.6 Å². The van der Waals surface area contributed by atoms with Crippen molar-refractivity contribution in [3.05, 3.63) is 24.3 Å². The smallest absolute Gasteiger partial charge is 0.265 e. The second-order valence-corrected chi connectivity index (χ2v) is 6.99. The molecule has 0 aromatic heterocycles. The Hall–Kier alpha value is -2.08. The summed E-state index contributed by atoms with van der Waals surface area (Å²) >= 11 is 0. The summed E-state index contributed by atoms with van der Waals surface area (Å²) in [7, 11) is 0. The van der Waals surface area contributed by atoms with E-state index in [9.17, 15) is 9.59 Å². The number of anilines is 1. The van der Waals surface area contributed by atoms with E-state index in [4.69, 9.17) is 9.47 Å². The average Bonchev–Trinajstić information content (AvgIpc) is 2.61. The minimum atomic E-state index is -0.113. The molecule has 0 unspecified atom stereocenters. The molecule has 25 heavy (non-hydrogen) atoms. The Labute approximate surface area is 148 Å². The summed E-state index contributed by atoms with van der Waals surface area (Å²) in [5.41, 5.74) is 0.734. The van der Waals surface area contributed by atoms with Crippen molar-refractivity contribution in [2.75, 3.05) is 24.7 Å². The van der Waals surface area contributed by atoms with Crippen LogP contribution < -0.4 is 15.0 Å². The van der Waals surface area contributed by atoms with Crippen LogP contribution in [0, 0.1) is 5.92 Å². The van der Waals surface area contributed by atoms with Gasteiger partial charge in [-0.25, -0.2) is 0 Å². The molecular formula is C19H26N2O4. The minimum absolute atomic E-state index is 0.0221. The SMILES string of the molecule is CC(C)[C@@H]1C[C@H](NC(=O)CCN2C(=O)COc3ccccc32)CCO1. The van der Waals surface area contributed by atoms with E-state index < -0.39 is 0 Å². The molecular weight excluding hydrogens is 320 g/mol. The van der Waals surface area contributed by atoms with Gasteiger partial charge in [-0.05, 0) is 30.9 Å². The number of para-hydroxylation sites is 2. The lowest BCUT2D eigenvalue weighted by atomic mass is 9.95. The number of nitrogens with zero attached hydrogens (tertiary/aromatic N) is 1. The van der Waals surface area contributed by atoms with Crippen LogP contribution in [0.15, 0.2) is 24.3 Å². The molecule has 2 atom stereocenters. The zero-order valence-corrected chi connectivity index (χ0v) is 14.9. The number of carbonyl (C=O) groups excluding carboxylic acids is 2. The molecule has 2 aliphatic heterocycles. The molecule has 3 rings (SSSR count). The van der Waals surface area contributed by atoms with Crippen molar-refractivity contribution in [2.45, 2.75) is 45.3 Å². The van der Waals surface area contributed by atoms with E-state index in [1.54, 1.807) is 4.90 Å². The van der Waals surface area contributed by atoms with Gasteiger partial charge < -0.3 is 19.7 Å². The molecule has 6 heteroatoms. The standard InChI is InChI=1S/C19H26N2O4/c1-13(2)17-11-14(8-10-24-17)20-18(22)7-9-21-15-5-3-4-6-16(15)25-12-19(21)23/h3-6,13-14,17H,7-12H2,1-2H3,(H,20,22)/t14-,17+/m1/s1. The number of hydrogen-bond acceptors (Lipinski definition) is 4. The van der Waals surface area contributed by atoms with E-state index in [1.807, 2.05) is 24.3 Å². The van der Waals surface area contributed by atoms with Crippen molar-refractivity contribution < 1.29 is 19.1 Å². The fourth-order valence-electron chi connectivity index (χ4n) is 3.34. The topological polar surface area (TPSA) is 67.9 Å². The Morgan fingerprint density at radius 3 is 2.96 bits per heavy atom. The van der Waals surface area contributed by atoms with Gasteiger partial charge in [0.05, 0.1) is 11.8 Å². The lowest BCUT2D eigenvalue weighted by molar-refractivity contribution is -0.123. The highest BCUT2D eigenvalue weighted by atomic mass is 16.5. The molecule has 1 N–H and O–H groups in total. The van der Waals surface area contributed by atoms with Crippen molar-refractivity contribution in [3.63, 3.8) is 0 Å². The molecule has 136 valence electrons. The monoisotopic (exact) mass is 346 g/mol. The van der Waals surface area contributed by atoms with E-state index in [1.165, 1.54) is 0 Å². The van der Waals surface area contributed by atoms with Gasteiger partial charge in [0.15, 0.2) is 6.61 Å². The Morgan fingerprint density at radius 2 is 2.16 bits per heavy atom. The van der Waals surface area contributed by atoms with Crippen LogP contribution >= 0.6 is 0 Å². The first-order valence-electron chi connectivity index (χ1n) is 8.97. The van der Waals surface area contributed by atoms with Crippen LogP contribution in [0.1, 0.15) is 33.1 Å². The molecule has 0 aliphatic carbocycles. The lowest BCUT2D eigenvalue weighted by Gasteiger charge is -2.33. The van der Waals surface area contributed by atoms with Crippen molar-refractivity contribution in [1.29, 1.82) is 0 Å². The van der Waals surface area contributed by atoms with Crippen LogP contribution in [0.25, 0.3) is 0 Å². The number of ether oxygens (including phenoxy) is 2. The van der Waals surface area contributed by atoms with Gasteiger partial charge in [-0.1, -0.05) is 26.0 Å². The maximum absolute atomic E-state index is 12.3. The Morgan fingerprint density at radius 1 is 1.36 bits per heavy atom. The van der Waals surface area contributed by atoms with Crippen LogP contribution in [0.5, 0.6) is 5.75 Å². The van der Waals surface area contributed by atoms with Crippen molar-refractivity contribution >= 4 is 17.5 Å². The Kier molecular flexibility index (Phi) is 5.58. The quantitative estimate of drug-likeness (QED) is 0.887. The van der Waals surface area contributed by atoms with Gasteiger partial charge in [0.1, 0.15) is 5.75 Å². The summed E-state index contributed by atoms with van der Waals surface area (Å²) in [6.07, 6.45) is 2.17. The average molecular weight is 346 g/mol. The van der Waals surface area contributed by atoms with Gasteiger partial charge in [-0.2, -0.15) is 0 Å². The van der Waals surface area contributed by atoms with E-state index in [-0.39, 0.29) is 37.0 Å². The molecule has 1 fully saturated rings. The molecule has 0 saturated carbocycles. The third kappa shape index (κ3) is 4.31. The summed E-state index contributed by atoms with van der Waals surface area (Å²) in [5.74, 6) is 0.998. The molecule has 0 bridgehead atoms. The normalized spacial score (nSPS) is 23.2. The molecule has 6 nitrogen and oxygen atoms in total. The number of rotatable bonds is 5. The van der Waals surface area contributed by atoms with Gasteiger partial charge in [-0.3, -0.25) is 9.59 Å². The zero-order valence-electron chi connectivity index (χ0n) is 14.9. The second kappa shape index (κ2) is 7.87. The summed E-state index contributed by atoms with van der Waals surface area (Å²) in [5, 5.41) is 3.09. The van der Waals surface area contributed by atoms with E-state index in [0.29, 0.717) is 24.8 Å². The molecule has 1 aromatic carbocycles. The van der Waals surface area contributed by atoms with E-state index in [0.717, 1.165) is 18.5 Å². The third-order valence-electron chi connectivity index (χ3n) is 4.79. The predicted molar refractivity (Wildman–Crippen MR) is 94.6 cm³/mol. The maximum Gasteiger partial charge on any atom is 0.265 e. The van der Waals surface area contributed by atoms with Crippen molar-refractivity contribution in [2.24, 2.45) is 5.92 Å². The first-order valence-corrected chi connectivity index (χ1v) is 8.97. The highest BCUT2D eigenvalue weighted by molar-refractivity contribution is 5.98. The number of carbonyl (C=O) groups is 2. The molecule has 1 aromatic rings. The molecule has 0 radical (unpaired) electrons. The Balaban J connectivity index is 1.53. The van der Waals surface area contributed by atoms with Gasteiger partial charge in [0.25, 0.3) is 5.91 Å². The van der Waals surface area contributed by atoms with E-state index >= 15 is 0 Å². The Bertz CT molecular complexity index is 632. The first kappa shape index (κ1) is 17.7. The highest BCUT2D eigenvalue weighted by Gasteiger charge is 2.28. The molecule has 2 heterocycles. The highest BCUT2D eigenvalue weighted by Crippen LogP contribution is 2.31. The molecule has 0 spiro atoms. The molecule has 2 amide bonds. The van der Waals surface area contributed by atoms with Crippen LogP contribution in [0.2, 0.25) is 0 Å². The third-order valence-corrected chi connectivity index (χ3v) is 4.79. The van der Waals surface area contributed by atoms with Gasteiger partial charge in [-0.15, -0.1) is 0 Å². The van der Waals surface area contributed by atoms with Crippen molar-refractivity contribution in [3.8, 4) is 5.75 Å². The zero-order chi connectivity index (χ0) is 17.8. The van der Waals surface area contributed by atoms with Gasteiger partial charge >= 0.3 is 0 Å². The number of fused-ring (bicyclic) bond motifs is 1. The minimum Gasteiger partial charge on any atom is -0.482 e. The molecule has 2 aliphatic rings. The fourth-order valence-corrected chi connectivity index (χ4v) is 3.34. The summed E-state index contributed by atoms with van der Waals surface area (Å²) in [4.78, 5) is 26.1. The molecule has 1 saturated heterocycles. The number of benzene rings is 1. The van der Waals surface area contributed by atoms with E-state index in [2.05, 4.69) is 19.2 Å². The lowest BCUT2D eigenvalue weighted by Crippen LogP contribution is -2.45. The van der Waals surface area contributed by atoms with Crippen LogP contribution in [-0.4, -0.2) is 43.7 Å².